The van der Waals surface area contributed by atoms with Crippen molar-refractivity contribution in [2.75, 3.05) is 10.6 Å². The molecule has 2 saturated heterocycles. The lowest BCUT2D eigenvalue weighted by molar-refractivity contribution is 0.213. The van der Waals surface area contributed by atoms with Crippen molar-refractivity contribution in [3.8, 4) is 55.8 Å². The van der Waals surface area contributed by atoms with Gasteiger partial charge in [-0.2, -0.15) is 0 Å². The van der Waals surface area contributed by atoms with Crippen molar-refractivity contribution >= 4 is 28.6 Å². The summed E-state index contributed by atoms with van der Waals surface area (Å²) in [7, 11) is 0. The Hall–Kier alpha value is -14.5. The summed E-state index contributed by atoms with van der Waals surface area (Å²) < 4.78 is 0. The van der Waals surface area contributed by atoms with E-state index >= 15 is 0 Å². The molecule has 0 amide bonds. The standard InChI is InChI=1S/2C22H23N3.C22H21N3.C21H18N2.C15H14N2.C11H10N2/c1-16-23-21(18-12-6-3-7-13-18)25-22(24-16)20-15-9-8-14-19(20)17-10-4-2-5-11-17;1-16-23-21(18-11-6-3-7-12-18)25-22(24-16)20-14-8-13-19(15-20)17-9-4-2-5-10-17;1-16-23-21(19-10-6-3-7-11-19)25-22(24-16)20-14-12-18(13-15-20)17-8-4-2-5-9-17;1-15-22-20-10-6-5-9-19(20)21(23-15)18-13-11-17(12-14-18)16-7-3-2-4-8-16;1-11-16-14-10-6-5-9-13(14)15(17-11)12-7-3-2-4-8-12;1-9-12-8-7-11(13-9)10-5-3-2-4-6-10/h2*2-16,21-25H,1H3;2-16,21,23H,1H3,(H,24,25);2-15,22H,1H3;2-11,16H,1H3;2-8H,1H3. The monoisotopic (exact) mass is 1680 g/mol. The number of para-hydroxylation sites is 2. The number of hydrogen-bond acceptors (Lipinski definition) is 15. The molecule has 128 heavy (non-hydrogen) atoms. The first-order chi connectivity index (χ1) is 62.9. The molecule has 0 bridgehead atoms. The predicted molar refractivity (Wildman–Crippen MR) is 530 cm³/mol. The van der Waals surface area contributed by atoms with E-state index in [0.717, 1.165) is 62.4 Å². The van der Waals surface area contributed by atoms with Crippen LogP contribution in [0, 0.1) is 6.92 Å². The first-order valence-electron chi connectivity index (χ1n) is 44.1. The van der Waals surface area contributed by atoms with E-state index in [1.165, 1.54) is 83.5 Å². The zero-order valence-corrected chi connectivity index (χ0v) is 73.0. The molecule has 636 valence electrons. The molecule has 21 rings (SSSR count). The average molecular weight is 1680 g/mol. The fourth-order valence-corrected chi connectivity index (χ4v) is 16.3. The van der Waals surface area contributed by atoms with Gasteiger partial charge in [0.25, 0.3) is 0 Å². The fraction of sp³-hybridized carbons (Fsp3) is 0.142. The zero-order chi connectivity index (χ0) is 87.6. The Morgan fingerprint density at radius 1 is 0.234 bits per heavy atom. The number of aliphatic imine (C=N–C) groups is 3. The minimum atomic E-state index is -0.0266. The van der Waals surface area contributed by atoms with Gasteiger partial charge in [0.05, 0.1) is 60.3 Å². The van der Waals surface area contributed by atoms with Gasteiger partial charge in [0, 0.05) is 51.0 Å². The summed E-state index contributed by atoms with van der Waals surface area (Å²) in [5.41, 5.74) is 28.4. The molecule has 0 radical (unpaired) electrons. The number of aromatic nitrogens is 2. The summed E-state index contributed by atoms with van der Waals surface area (Å²) in [6, 6.07) is 147. The van der Waals surface area contributed by atoms with E-state index in [1.807, 2.05) is 97.9 Å². The topological polar surface area (TPSA) is 183 Å². The molecule has 5 aliphatic rings. The molecule has 10 N–H and O–H groups in total. The van der Waals surface area contributed by atoms with E-state index in [0.29, 0.717) is 0 Å². The third kappa shape index (κ3) is 23.2. The van der Waals surface area contributed by atoms with Gasteiger partial charge in [-0.3, -0.25) is 47.2 Å². The van der Waals surface area contributed by atoms with Crippen molar-refractivity contribution in [2.45, 2.75) is 103 Å². The Bertz CT molecular complexity index is 6260. The Kier molecular flexibility index (Phi) is 29.5. The number of amidine groups is 1. The Morgan fingerprint density at radius 2 is 0.578 bits per heavy atom. The molecule has 15 aromatic carbocycles. The summed E-state index contributed by atoms with van der Waals surface area (Å²) in [5.74, 6) is 1.74. The molecular formula is C113H109N15. The van der Waals surface area contributed by atoms with Crippen molar-refractivity contribution in [3.05, 3.63) is 492 Å². The van der Waals surface area contributed by atoms with Gasteiger partial charge in [-0.05, 0) is 138 Å². The van der Waals surface area contributed by atoms with Crippen LogP contribution in [0.5, 0.6) is 0 Å². The van der Waals surface area contributed by atoms with E-state index in [1.54, 1.807) is 6.20 Å². The van der Waals surface area contributed by atoms with Gasteiger partial charge in [-0.1, -0.05) is 400 Å². The van der Waals surface area contributed by atoms with Crippen molar-refractivity contribution in [1.82, 2.24) is 52.5 Å². The highest BCUT2D eigenvalue weighted by atomic mass is 15.4. The average Bonchev–Trinajstić information content (AvgIpc) is 0.728. The molecule has 1 aromatic heterocycles. The quantitative estimate of drug-likeness (QED) is 0.0528. The second-order valence-corrected chi connectivity index (χ2v) is 32.1. The minimum Gasteiger partial charge on any atom is -0.363 e. The van der Waals surface area contributed by atoms with Crippen LogP contribution < -0.4 is 53.2 Å². The highest BCUT2D eigenvalue weighted by molar-refractivity contribution is 6.17. The van der Waals surface area contributed by atoms with Crippen molar-refractivity contribution in [1.29, 1.82) is 0 Å². The van der Waals surface area contributed by atoms with Crippen LogP contribution in [0.15, 0.2) is 446 Å². The lowest BCUT2D eigenvalue weighted by Crippen LogP contribution is -2.57. The maximum absolute atomic E-state index is 4.87. The molecule has 2 fully saturated rings. The molecule has 10 atom stereocenters. The van der Waals surface area contributed by atoms with Crippen LogP contribution in [0.3, 0.4) is 0 Å². The van der Waals surface area contributed by atoms with E-state index in [2.05, 4.69) is 431 Å². The fourth-order valence-electron chi connectivity index (χ4n) is 16.3. The zero-order valence-electron chi connectivity index (χ0n) is 73.0. The van der Waals surface area contributed by atoms with E-state index in [9.17, 15) is 0 Å². The lowest BCUT2D eigenvalue weighted by Gasteiger charge is -2.38. The molecule has 0 spiro atoms. The maximum Gasteiger partial charge on any atom is 0.131 e. The number of nitrogens with zero attached hydrogens (tertiary/aromatic N) is 5. The molecule has 0 aliphatic carbocycles. The number of nitrogens with one attached hydrogen (secondary N) is 10. The number of hydrogen-bond donors (Lipinski definition) is 10. The molecule has 0 saturated carbocycles. The molecule has 10 unspecified atom stereocenters. The molecule has 16 aromatic rings. The van der Waals surface area contributed by atoms with Crippen molar-refractivity contribution in [2.24, 2.45) is 15.0 Å². The van der Waals surface area contributed by atoms with Gasteiger partial charge < -0.3 is 16.0 Å². The summed E-state index contributed by atoms with van der Waals surface area (Å²) in [6.07, 6.45) is 2.99. The van der Waals surface area contributed by atoms with E-state index in [4.69, 9.17) is 15.0 Å². The SMILES string of the molecule is CC1N=C(c2ccc(-c3ccccc3)cc2)c2ccccc2N1.CC1N=C(c2ccccc2)c2ccccc2N1.CC1NC(c2ccc(-c3ccccc3)cc2)=NC(c2ccccc2)N1.CC1NC(c2ccccc2)NC(c2cccc(-c3ccccc3)c2)N1.CC1NC(c2ccccc2)NC(c2ccccc2-c2ccccc2)N1.Cc1nccc(-c2ccccc2)n1. The molecular weight excluding hydrogens is 1570 g/mol. The Labute approximate surface area is 753 Å². The largest absolute Gasteiger partial charge is 0.363 e. The minimum absolute atomic E-state index is 0.0266. The second kappa shape index (κ2) is 43.4. The summed E-state index contributed by atoms with van der Waals surface area (Å²) in [6.45, 7) is 12.5. The highest BCUT2D eigenvalue weighted by Crippen LogP contribution is 2.34. The molecule has 15 heteroatoms. The molecule has 15 nitrogen and oxygen atoms in total. The third-order valence-electron chi connectivity index (χ3n) is 22.6. The number of anilines is 2. The van der Waals surface area contributed by atoms with Crippen molar-refractivity contribution in [3.63, 3.8) is 0 Å². The van der Waals surface area contributed by atoms with Crippen LogP contribution in [-0.4, -0.2) is 58.1 Å². The Balaban J connectivity index is 0.000000114. The maximum atomic E-state index is 4.87. The van der Waals surface area contributed by atoms with Gasteiger partial charge in [0.15, 0.2) is 0 Å². The van der Waals surface area contributed by atoms with Crippen LogP contribution in [0.2, 0.25) is 0 Å². The number of benzene rings is 15. The van der Waals surface area contributed by atoms with Crippen molar-refractivity contribution < 1.29 is 0 Å². The summed E-state index contributed by atoms with van der Waals surface area (Å²) >= 11 is 0. The number of fused-ring (bicyclic) bond motifs is 2. The molecule has 5 aliphatic heterocycles. The summed E-state index contributed by atoms with van der Waals surface area (Å²) in [5, 5.41) is 35.4. The van der Waals surface area contributed by atoms with Crippen LogP contribution in [0.25, 0.3) is 55.8 Å². The number of rotatable bonds is 13. The van der Waals surface area contributed by atoms with Crippen LogP contribution in [0.1, 0.15) is 127 Å². The van der Waals surface area contributed by atoms with Gasteiger partial charge in [-0.25, -0.2) is 15.0 Å². The van der Waals surface area contributed by atoms with Gasteiger partial charge in [0.2, 0.25) is 0 Å². The smallest absolute Gasteiger partial charge is 0.131 e. The van der Waals surface area contributed by atoms with Crippen LogP contribution in [-0.2, 0) is 0 Å². The van der Waals surface area contributed by atoms with Crippen LogP contribution in [0.4, 0.5) is 11.4 Å². The Morgan fingerprint density at radius 3 is 1.06 bits per heavy atom. The van der Waals surface area contributed by atoms with Gasteiger partial charge >= 0.3 is 0 Å². The summed E-state index contributed by atoms with van der Waals surface area (Å²) in [4.78, 5) is 22.8. The van der Waals surface area contributed by atoms with E-state index in [-0.39, 0.29) is 61.7 Å². The second-order valence-electron chi connectivity index (χ2n) is 32.1. The van der Waals surface area contributed by atoms with Crippen LogP contribution >= 0.6 is 0 Å². The predicted octanol–water partition coefficient (Wildman–Crippen LogP) is 23.4. The van der Waals surface area contributed by atoms with E-state index < -0.39 is 0 Å². The first kappa shape index (κ1) is 87.0. The molecule has 6 heterocycles. The third-order valence-corrected chi connectivity index (χ3v) is 22.6. The highest BCUT2D eigenvalue weighted by Gasteiger charge is 2.30. The normalized spacial score (nSPS) is 19.3. The number of aryl methyl sites for hydroxylation is 1. The lowest BCUT2D eigenvalue weighted by atomic mass is 9.96. The first-order valence-corrected chi connectivity index (χ1v) is 44.1. The van der Waals surface area contributed by atoms with Gasteiger partial charge in [-0.15, -0.1) is 0 Å². The van der Waals surface area contributed by atoms with Gasteiger partial charge in [0.1, 0.15) is 30.2 Å².